The normalized spacial score (nSPS) is 23.8. The van der Waals surface area contributed by atoms with Gasteiger partial charge in [0.1, 0.15) is 0 Å². The maximum atomic E-state index is 3.72. The van der Waals surface area contributed by atoms with E-state index in [-0.39, 0.29) is 5.54 Å². The lowest BCUT2D eigenvalue weighted by Crippen LogP contribution is -2.49. The quantitative estimate of drug-likeness (QED) is 0.853. The summed E-state index contributed by atoms with van der Waals surface area (Å²) in [5.41, 5.74) is 2.74. The van der Waals surface area contributed by atoms with E-state index < -0.39 is 0 Å². The second kappa shape index (κ2) is 5.22. The fourth-order valence-electron chi connectivity index (χ4n) is 2.60. The van der Waals surface area contributed by atoms with Gasteiger partial charge in [-0.1, -0.05) is 13.0 Å². The van der Waals surface area contributed by atoms with E-state index in [0.717, 1.165) is 19.6 Å². The third kappa shape index (κ3) is 2.89. The third-order valence-corrected chi connectivity index (χ3v) is 4.30. The highest BCUT2D eigenvalue weighted by Gasteiger charge is 2.31. The Morgan fingerprint density at radius 1 is 1.39 bits per heavy atom. The fourth-order valence-corrected chi connectivity index (χ4v) is 3.31. The number of halogens is 1. The summed E-state index contributed by atoms with van der Waals surface area (Å²) in [7, 11) is 0. The molecular weight excluding hydrogens is 288 g/mol. The largest absolute Gasteiger partial charge is 0.364 e. The highest BCUT2D eigenvalue weighted by molar-refractivity contribution is 9.10. The van der Waals surface area contributed by atoms with Gasteiger partial charge >= 0.3 is 0 Å². The number of aryl methyl sites for hydroxylation is 1. The smallest absolute Gasteiger partial charge is 0.0515 e. The Balaban J connectivity index is 2.38. The Kier molecular flexibility index (Phi) is 4.02. The molecule has 3 heteroatoms. The van der Waals surface area contributed by atoms with Crippen LogP contribution >= 0.6 is 15.9 Å². The number of rotatable bonds is 1. The predicted molar refractivity (Wildman–Crippen MR) is 82.3 cm³/mol. The van der Waals surface area contributed by atoms with Gasteiger partial charge in [-0.15, -0.1) is 0 Å². The standard InChI is InChI=1S/C15H23BrN2/c1-11-5-6-14(13(16)7-11)18-9-12(2)8-17-10-15(18,3)4/h5-7,12,17H,8-10H2,1-4H3. The van der Waals surface area contributed by atoms with Gasteiger partial charge in [0.05, 0.1) is 5.69 Å². The van der Waals surface area contributed by atoms with Crippen LogP contribution in [0.1, 0.15) is 26.3 Å². The molecule has 1 unspecified atom stereocenters. The summed E-state index contributed by atoms with van der Waals surface area (Å²) in [4.78, 5) is 2.53. The summed E-state index contributed by atoms with van der Waals surface area (Å²) in [6, 6.07) is 6.63. The van der Waals surface area contributed by atoms with E-state index >= 15 is 0 Å². The number of anilines is 1. The van der Waals surface area contributed by atoms with E-state index in [4.69, 9.17) is 0 Å². The zero-order valence-corrected chi connectivity index (χ0v) is 13.3. The van der Waals surface area contributed by atoms with Gasteiger partial charge in [0.25, 0.3) is 0 Å². The molecule has 2 nitrogen and oxygen atoms in total. The summed E-state index contributed by atoms with van der Waals surface area (Å²) in [5, 5.41) is 3.56. The van der Waals surface area contributed by atoms with Crippen molar-refractivity contribution < 1.29 is 0 Å². The number of hydrogen-bond donors (Lipinski definition) is 1. The van der Waals surface area contributed by atoms with Crippen molar-refractivity contribution in [3.8, 4) is 0 Å². The zero-order valence-electron chi connectivity index (χ0n) is 11.8. The average molecular weight is 311 g/mol. The number of benzene rings is 1. The minimum Gasteiger partial charge on any atom is -0.364 e. The van der Waals surface area contributed by atoms with Crippen LogP contribution in [0.25, 0.3) is 0 Å². The van der Waals surface area contributed by atoms with Crippen molar-refractivity contribution in [2.24, 2.45) is 5.92 Å². The summed E-state index contributed by atoms with van der Waals surface area (Å²) >= 11 is 3.72. The van der Waals surface area contributed by atoms with Gasteiger partial charge in [-0.05, 0) is 66.9 Å². The molecule has 0 aromatic heterocycles. The van der Waals surface area contributed by atoms with Crippen molar-refractivity contribution in [3.63, 3.8) is 0 Å². The Morgan fingerprint density at radius 3 is 2.78 bits per heavy atom. The molecule has 18 heavy (non-hydrogen) atoms. The molecule has 1 aliphatic heterocycles. The predicted octanol–water partition coefficient (Wildman–Crippen LogP) is 3.58. The Bertz CT molecular complexity index is 429. The van der Waals surface area contributed by atoms with Gasteiger partial charge in [0.15, 0.2) is 0 Å². The molecule has 1 heterocycles. The minimum atomic E-state index is 0.141. The average Bonchev–Trinajstić information content (AvgIpc) is 2.38. The maximum Gasteiger partial charge on any atom is 0.0515 e. The molecule has 1 atom stereocenters. The molecule has 0 radical (unpaired) electrons. The first-order valence-corrected chi connectivity index (χ1v) is 7.44. The van der Waals surface area contributed by atoms with E-state index in [1.165, 1.54) is 15.7 Å². The van der Waals surface area contributed by atoms with Crippen molar-refractivity contribution in [1.82, 2.24) is 5.32 Å². The van der Waals surface area contributed by atoms with Crippen molar-refractivity contribution in [2.75, 3.05) is 24.5 Å². The van der Waals surface area contributed by atoms with E-state index in [9.17, 15) is 0 Å². The second-order valence-corrected chi connectivity index (χ2v) is 6.97. The highest BCUT2D eigenvalue weighted by atomic mass is 79.9. The van der Waals surface area contributed by atoms with Gasteiger partial charge in [-0.2, -0.15) is 0 Å². The fraction of sp³-hybridized carbons (Fsp3) is 0.600. The van der Waals surface area contributed by atoms with Gasteiger partial charge < -0.3 is 10.2 Å². The molecule has 0 spiro atoms. The van der Waals surface area contributed by atoms with E-state index in [1.54, 1.807) is 0 Å². The zero-order chi connectivity index (χ0) is 13.3. The molecular formula is C15H23BrN2. The molecule has 1 fully saturated rings. The van der Waals surface area contributed by atoms with Crippen LogP contribution in [0.3, 0.4) is 0 Å². The molecule has 1 aromatic rings. The summed E-state index contributed by atoms with van der Waals surface area (Å²) in [5.74, 6) is 0.667. The van der Waals surface area contributed by atoms with Crippen molar-refractivity contribution in [2.45, 2.75) is 33.2 Å². The lowest BCUT2D eigenvalue weighted by molar-refractivity contribution is 0.460. The number of nitrogens with zero attached hydrogens (tertiary/aromatic N) is 1. The SMILES string of the molecule is Cc1ccc(N2CC(C)CNCC2(C)C)c(Br)c1. The molecule has 0 bridgehead atoms. The van der Waals surface area contributed by atoms with Crippen molar-refractivity contribution in [1.29, 1.82) is 0 Å². The molecule has 2 rings (SSSR count). The maximum absolute atomic E-state index is 3.72. The van der Waals surface area contributed by atoms with Crippen LogP contribution < -0.4 is 10.2 Å². The highest BCUT2D eigenvalue weighted by Crippen LogP contribution is 2.33. The summed E-state index contributed by atoms with van der Waals surface area (Å²) in [6.07, 6.45) is 0. The Morgan fingerprint density at radius 2 is 2.11 bits per heavy atom. The van der Waals surface area contributed by atoms with Crippen molar-refractivity contribution in [3.05, 3.63) is 28.2 Å². The van der Waals surface area contributed by atoms with Crippen LogP contribution in [-0.4, -0.2) is 25.2 Å². The summed E-state index contributed by atoms with van der Waals surface area (Å²) < 4.78 is 1.20. The summed E-state index contributed by atoms with van der Waals surface area (Å²) in [6.45, 7) is 12.3. The lowest BCUT2D eigenvalue weighted by atomic mass is 10.0. The molecule has 1 aliphatic rings. The molecule has 1 saturated heterocycles. The van der Waals surface area contributed by atoms with E-state index in [2.05, 4.69) is 72.0 Å². The Hall–Kier alpha value is -0.540. The third-order valence-electron chi connectivity index (χ3n) is 3.67. The van der Waals surface area contributed by atoms with E-state index in [1.807, 2.05) is 0 Å². The Labute approximate surface area is 119 Å². The van der Waals surface area contributed by atoms with Gasteiger partial charge in [0, 0.05) is 23.1 Å². The second-order valence-electron chi connectivity index (χ2n) is 6.11. The first kappa shape index (κ1) is 13.9. The van der Waals surface area contributed by atoms with Crippen LogP contribution in [0, 0.1) is 12.8 Å². The van der Waals surface area contributed by atoms with Crippen LogP contribution in [0.15, 0.2) is 22.7 Å². The van der Waals surface area contributed by atoms with Gasteiger partial charge in [-0.3, -0.25) is 0 Å². The van der Waals surface area contributed by atoms with Crippen LogP contribution in [0.5, 0.6) is 0 Å². The molecule has 1 N–H and O–H groups in total. The van der Waals surface area contributed by atoms with Crippen LogP contribution in [-0.2, 0) is 0 Å². The van der Waals surface area contributed by atoms with Crippen LogP contribution in [0.2, 0.25) is 0 Å². The molecule has 100 valence electrons. The van der Waals surface area contributed by atoms with Crippen molar-refractivity contribution >= 4 is 21.6 Å². The van der Waals surface area contributed by atoms with Gasteiger partial charge in [-0.25, -0.2) is 0 Å². The molecule has 1 aromatic carbocycles. The monoisotopic (exact) mass is 310 g/mol. The van der Waals surface area contributed by atoms with Gasteiger partial charge in [0.2, 0.25) is 0 Å². The van der Waals surface area contributed by atoms with E-state index in [0.29, 0.717) is 5.92 Å². The molecule has 0 aliphatic carbocycles. The molecule has 0 amide bonds. The molecule has 0 saturated carbocycles. The first-order chi connectivity index (χ1) is 8.40. The van der Waals surface area contributed by atoms with Crippen LogP contribution in [0.4, 0.5) is 5.69 Å². The topological polar surface area (TPSA) is 15.3 Å². The minimum absolute atomic E-state index is 0.141. The number of nitrogens with one attached hydrogen (secondary N) is 1. The first-order valence-electron chi connectivity index (χ1n) is 6.64. The lowest BCUT2D eigenvalue weighted by Gasteiger charge is -2.40. The number of hydrogen-bond acceptors (Lipinski definition) is 2.